The van der Waals surface area contributed by atoms with Crippen LogP contribution in [0.25, 0.3) is 0 Å². The summed E-state index contributed by atoms with van der Waals surface area (Å²) in [7, 11) is 0. The van der Waals surface area contributed by atoms with E-state index in [1.165, 1.54) is 25.7 Å². The largest absolute Gasteiger partial charge is 0.326 e. The SMILES string of the molecule is CCCCCCCNCC(=O)Nc1ccc(NC(=O)CC(C)C)cc1. The van der Waals surface area contributed by atoms with Gasteiger partial charge in [-0.05, 0) is 43.1 Å². The Balaban J connectivity index is 2.23. The van der Waals surface area contributed by atoms with Gasteiger partial charge in [0.1, 0.15) is 0 Å². The van der Waals surface area contributed by atoms with Gasteiger partial charge in [0.15, 0.2) is 0 Å². The first kappa shape index (κ1) is 21.2. The van der Waals surface area contributed by atoms with Gasteiger partial charge in [0.25, 0.3) is 0 Å². The van der Waals surface area contributed by atoms with Crippen molar-refractivity contribution in [1.29, 1.82) is 0 Å². The molecule has 1 rings (SSSR count). The first-order valence-electron chi connectivity index (χ1n) is 9.41. The summed E-state index contributed by atoms with van der Waals surface area (Å²) in [6, 6.07) is 7.20. The second kappa shape index (κ2) is 12.5. The van der Waals surface area contributed by atoms with Crippen molar-refractivity contribution in [2.75, 3.05) is 23.7 Å². The number of nitrogens with one attached hydrogen (secondary N) is 3. The van der Waals surface area contributed by atoms with Crippen LogP contribution in [0.4, 0.5) is 11.4 Å². The molecular formula is C20H33N3O2. The number of anilines is 2. The van der Waals surface area contributed by atoms with E-state index in [1.807, 2.05) is 13.8 Å². The van der Waals surface area contributed by atoms with E-state index in [2.05, 4.69) is 22.9 Å². The summed E-state index contributed by atoms with van der Waals surface area (Å²) in [5.41, 5.74) is 1.48. The normalized spacial score (nSPS) is 10.7. The summed E-state index contributed by atoms with van der Waals surface area (Å²) >= 11 is 0. The van der Waals surface area contributed by atoms with Crippen molar-refractivity contribution in [2.24, 2.45) is 5.92 Å². The lowest BCUT2D eigenvalue weighted by molar-refractivity contribution is -0.117. The zero-order valence-electron chi connectivity index (χ0n) is 15.9. The lowest BCUT2D eigenvalue weighted by Gasteiger charge is -2.09. The topological polar surface area (TPSA) is 70.2 Å². The summed E-state index contributed by atoms with van der Waals surface area (Å²) in [5, 5.41) is 8.87. The first-order valence-corrected chi connectivity index (χ1v) is 9.41. The maximum Gasteiger partial charge on any atom is 0.238 e. The maximum absolute atomic E-state index is 11.9. The number of amides is 2. The van der Waals surface area contributed by atoms with Crippen LogP contribution in [-0.4, -0.2) is 24.9 Å². The Morgan fingerprint density at radius 3 is 2.00 bits per heavy atom. The lowest BCUT2D eigenvalue weighted by Crippen LogP contribution is -2.28. The molecule has 0 saturated carbocycles. The number of benzene rings is 1. The van der Waals surface area contributed by atoms with Crippen LogP contribution in [-0.2, 0) is 9.59 Å². The molecule has 3 N–H and O–H groups in total. The number of rotatable bonds is 12. The molecule has 1 aromatic rings. The predicted molar refractivity (Wildman–Crippen MR) is 105 cm³/mol. The van der Waals surface area contributed by atoms with Gasteiger partial charge < -0.3 is 16.0 Å². The Labute approximate surface area is 152 Å². The van der Waals surface area contributed by atoms with Crippen molar-refractivity contribution >= 4 is 23.2 Å². The number of hydrogen-bond donors (Lipinski definition) is 3. The van der Waals surface area contributed by atoms with E-state index < -0.39 is 0 Å². The molecule has 0 saturated heterocycles. The van der Waals surface area contributed by atoms with E-state index >= 15 is 0 Å². The van der Waals surface area contributed by atoms with Crippen molar-refractivity contribution in [1.82, 2.24) is 5.32 Å². The minimum atomic E-state index is -0.0508. The highest BCUT2D eigenvalue weighted by Crippen LogP contribution is 2.14. The second-order valence-electron chi connectivity index (χ2n) is 6.86. The van der Waals surface area contributed by atoms with Crippen LogP contribution in [0.2, 0.25) is 0 Å². The molecule has 0 fully saturated rings. The van der Waals surface area contributed by atoms with Gasteiger partial charge in [0.2, 0.25) is 11.8 Å². The van der Waals surface area contributed by atoms with E-state index in [9.17, 15) is 9.59 Å². The third-order valence-electron chi connectivity index (χ3n) is 3.79. The van der Waals surface area contributed by atoms with Crippen molar-refractivity contribution in [3.63, 3.8) is 0 Å². The molecule has 2 amide bonds. The molecule has 0 unspecified atom stereocenters. The minimum absolute atomic E-state index is 0.00919. The molecule has 0 aliphatic heterocycles. The van der Waals surface area contributed by atoms with Gasteiger partial charge in [0, 0.05) is 17.8 Å². The summed E-state index contributed by atoms with van der Waals surface area (Å²) in [5.74, 6) is 0.290. The van der Waals surface area contributed by atoms with Gasteiger partial charge in [-0.25, -0.2) is 0 Å². The van der Waals surface area contributed by atoms with E-state index in [0.717, 1.165) is 24.3 Å². The molecule has 0 heterocycles. The van der Waals surface area contributed by atoms with Gasteiger partial charge in [-0.15, -0.1) is 0 Å². The van der Waals surface area contributed by atoms with Crippen LogP contribution in [0.15, 0.2) is 24.3 Å². The van der Waals surface area contributed by atoms with Crippen molar-refractivity contribution in [3.8, 4) is 0 Å². The fourth-order valence-electron chi connectivity index (χ4n) is 2.48. The summed E-state index contributed by atoms with van der Waals surface area (Å²) in [4.78, 5) is 23.6. The highest BCUT2D eigenvalue weighted by Gasteiger charge is 2.06. The van der Waals surface area contributed by atoms with Gasteiger partial charge >= 0.3 is 0 Å². The van der Waals surface area contributed by atoms with Gasteiger partial charge in [-0.1, -0.05) is 46.5 Å². The molecule has 5 heteroatoms. The predicted octanol–water partition coefficient (Wildman–Crippen LogP) is 4.17. The van der Waals surface area contributed by atoms with E-state index in [1.54, 1.807) is 24.3 Å². The van der Waals surface area contributed by atoms with Crippen molar-refractivity contribution in [3.05, 3.63) is 24.3 Å². The minimum Gasteiger partial charge on any atom is -0.326 e. The number of unbranched alkanes of at least 4 members (excludes halogenated alkanes) is 4. The van der Waals surface area contributed by atoms with Crippen LogP contribution in [0.5, 0.6) is 0 Å². The summed E-state index contributed by atoms with van der Waals surface area (Å²) < 4.78 is 0. The fourth-order valence-corrected chi connectivity index (χ4v) is 2.48. The molecule has 0 aromatic heterocycles. The molecule has 0 spiro atoms. The zero-order chi connectivity index (χ0) is 18.5. The zero-order valence-corrected chi connectivity index (χ0v) is 15.9. The first-order chi connectivity index (χ1) is 12.0. The van der Waals surface area contributed by atoms with Gasteiger partial charge in [-0.2, -0.15) is 0 Å². The van der Waals surface area contributed by atoms with Crippen LogP contribution in [0.1, 0.15) is 59.3 Å². The molecule has 0 atom stereocenters. The van der Waals surface area contributed by atoms with E-state index in [-0.39, 0.29) is 11.8 Å². The van der Waals surface area contributed by atoms with Crippen LogP contribution < -0.4 is 16.0 Å². The van der Waals surface area contributed by atoms with E-state index in [0.29, 0.717) is 18.9 Å². The highest BCUT2D eigenvalue weighted by atomic mass is 16.2. The number of carbonyl (C=O) groups is 2. The van der Waals surface area contributed by atoms with Crippen molar-refractivity contribution < 1.29 is 9.59 Å². The van der Waals surface area contributed by atoms with Crippen LogP contribution >= 0.6 is 0 Å². The average Bonchev–Trinajstić information content (AvgIpc) is 2.55. The van der Waals surface area contributed by atoms with Gasteiger partial charge in [-0.3, -0.25) is 9.59 Å². The number of carbonyl (C=O) groups excluding carboxylic acids is 2. The standard InChI is InChI=1S/C20H33N3O2/c1-4-5-6-7-8-13-21-15-20(25)23-18-11-9-17(10-12-18)22-19(24)14-16(2)3/h9-12,16,21H,4-8,13-15H2,1-3H3,(H,22,24)(H,23,25). The van der Waals surface area contributed by atoms with Crippen molar-refractivity contribution in [2.45, 2.75) is 59.3 Å². The lowest BCUT2D eigenvalue weighted by atomic mass is 10.1. The highest BCUT2D eigenvalue weighted by molar-refractivity contribution is 5.93. The number of hydrogen-bond acceptors (Lipinski definition) is 3. The third-order valence-corrected chi connectivity index (χ3v) is 3.79. The van der Waals surface area contributed by atoms with Crippen LogP contribution in [0.3, 0.4) is 0 Å². The molecule has 5 nitrogen and oxygen atoms in total. The Hall–Kier alpha value is -1.88. The second-order valence-corrected chi connectivity index (χ2v) is 6.86. The molecule has 140 valence electrons. The average molecular weight is 348 g/mol. The molecule has 0 aliphatic rings. The molecule has 0 radical (unpaired) electrons. The Morgan fingerprint density at radius 1 is 0.880 bits per heavy atom. The molecule has 1 aromatic carbocycles. The molecule has 0 aliphatic carbocycles. The summed E-state index contributed by atoms with van der Waals surface area (Å²) in [6.07, 6.45) is 6.63. The fraction of sp³-hybridized carbons (Fsp3) is 0.600. The quantitative estimate of drug-likeness (QED) is 0.497. The summed E-state index contributed by atoms with van der Waals surface area (Å²) in [6.45, 7) is 7.42. The Bertz CT molecular complexity index is 512. The van der Waals surface area contributed by atoms with Gasteiger partial charge in [0.05, 0.1) is 6.54 Å². The Kier molecular flexibility index (Phi) is 10.6. The molecular weight excluding hydrogens is 314 g/mol. The molecule has 0 bridgehead atoms. The smallest absolute Gasteiger partial charge is 0.238 e. The third kappa shape index (κ3) is 10.6. The maximum atomic E-state index is 11.9. The monoisotopic (exact) mass is 347 g/mol. The Morgan fingerprint density at radius 2 is 1.44 bits per heavy atom. The molecule has 25 heavy (non-hydrogen) atoms. The van der Waals surface area contributed by atoms with E-state index in [4.69, 9.17) is 0 Å². The van der Waals surface area contributed by atoms with Crippen LogP contribution in [0, 0.1) is 5.92 Å².